The van der Waals surface area contributed by atoms with E-state index in [1.54, 1.807) is 11.3 Å². The maximum Gasteiger partial charge on any atom is 0.164 e. The van der Waals surface area contributed by atoms with Crippen LogP contribution >= 0.6 is 27.3 Å². The minimum Gasteiger partial charge on any atom is -0.301 e. The average Bonchev–Trinajstić information content (AvgIpc) is 2.81. The Morgan fingerprint density at radius 1 is 1.45 bits per heavy atom. The molecular weight excluding hydrogens is 336 g/mol. The van der Waals surface area contributed by atoms with Crippen molar-refractivity contribution in [2.45, 2.75) is 19.9 Å². The number of thiazole rings is 1. The molecule has 20 heavy (non-hydrogen) atoms. The molecule has 1 aromatic carbocycles. The Balaban J connectivity index is 1.86. The molecule has 5 heteroatoms. The molecule has 1 heterocycles. The fourth-order valence-electron chi connectivity index (χ4n) is 1.90. The molecule has 0 aliphatic heterocycles. The van der Waals surface area contributed by atoms with Gasteiger partial charge in [-0.2, -0.15) is 0 Å². The summed E-state index contributed by atoms with van der Waals surface area (Å²) in [5.74, 6) is 0.180. The van der Waals surface area contributed by atoms with Gasteiger partial charge in [0.25, 0.3) is 0 Å². The Morgan fingerprint density at radius 2 is 2.25 bits per heavy atom. The van der Waals surface area contributed by atoms with Gasteiger partial charge in [0.05, 0.1) is 11.2 Å². The van der Waals surface area contributed by atoms with Gasteiger partial charge in [-0.15, -0.1) is 11.3 Å². The van der Waals surface area contributed by atoms with Gasteiger partial charge in [-0.25, -0.2) is 4.98 Å². The second-order valence-corrected chi connectivity index (χ2v) is 6.64. The highest BCUT2D eigenvalue weighted by atomic mass is 79.9. The largest absolute Gasteiger partial charge is 0.301 e. The Labute approximate surface area is 131 Å². The first-order valence-corrected chi connectivity index (χ1v) is 8.10. The molecule has 106 valence electrons. The third-order valence-electron chi connectivity index (χ3n) is 3.13. The van der Waals surface area contributed by atoms with Crippen LogP contribution in [0, 0.1) is 6.92 Å². The van der Waals surface area contributed by atoms with Gasteiger partial charge in [0.1, 0.15) is 0 Å². The highest BCUT2D eigenvalue weighted by Crippen LogP contribution is 2.16. The van der Waals surface area contributed by atoms with Crippen LogP contribution in [-0.4, -0.2) is 29.3 Å². The summed E-state index contributed by atoms with van der Waals surface area (Å²) >= 11 is 5.06. The number of aryl methyl sites for hydroxylation is 1. The first-order chi connectivity index (χ1) is 9.56. The van der Waals surface area contributed by atoms with E-state index in [0.29, 0.717) is 6.42 Å². The fourth-order valence-corrected chi connectivity index (χ4v) is 3.16. The van der Waals surface area contributed by atoms with E-state index < -0.39 is 0 Å². The van der Waals surface area contributed by atoms with E-state index in [-0.39, 0.29) is 5.78 Å². The number of carbonyl (C=O) groups is 1. The zero-order chi connectivity index (χ0) is 14.5. The van der Waals surface area contributed by atoms with Crippen molar-refractivity contribution >= 4 is 33.0 Å². The van der Waals surface area contributed by atoms with E-state index in [0.717, 1.165) is 28.8 Å². The predicted octanol–water partition coefficient (Wildman–Crippen LogP) is 3.92. The van der Waals surface area contributed by atoms with Gasteiger partial charge >= 0.3 is 0 Å². The molecule has 0 N–H and O–H groups in total. The molecule has 0 bridgehead atoms. The number of rotatable bonds is 6. The van der Waals surface area contributed by atoms with Crippen LogP contribution in [-0.2, 0) is 6.54 Å². The van der Waals surface area contributed by atoms with Crippen molar-refractivity contribution in [3.63, 3.8) is 0 Å². The van der Waals surface area contributed by atoms with Crippen LogP contribution in [0.1, 0.15) is 27.3 Å². The summed E-state index contributed by atoms with van der Waals surface area (Å²) in [4.78, 5) is 19.8. The first-order valence-electron chi connectivity index (χ1n) is 6.42. The van der Waals surface area contributed by atoms with Crippen molar-refractivity contribution < 1.29 is 4.79 Å². The normalized spacial score (nSPS) is 11.0. The maximum atomic E-state index is 12.1. The highest BCUT2D eigenvalue weighted by molar-refractivity contribution is 9.10. The number of nitrogens with zero attached hydrogens (tertiary/aromatic N) is 2. The third-order valence-corrected chi connectivity index (χ3v) is 4.54. The number of benzene rings is 1. The van der Waals surface area contributed by atoms with Crippen molar-refractivity contribution in [3.05, 3.63) is 50.4 Å². The molecule has 0 radical (unpaired) electrons. The summed E-state index contributed by atoms with van der Waals surface area (Å²) in [7, 11) is 2.04. The molecular formula is C15H17BrN2OS. The Bertz CT molecular complexity index is 597. The van der Waals surface area contributed by atoms with E-state index >= 15 is 0 Å². The number of hydrogen-bond acceptors (Lipinski definition) is 4. The Hall–Kier alpha value is -1.04. The smallest absolute Gasteiger partial charge is 0.164 e. The number of hydrogen-bond donors (Lipinski definition) is 0. The topological polar surface area (TPSA) is 33.2 Å². The number of halogens is 1. The molecule has 3 nitrogen and oxygen atoms in total. The minimum absolute atomic E-state index is 0.180. The van der Waals surface area contributed by atoms with Crippen molar-refractivity contribution in [1.82, 2.24) is 9.88 Å². The summed E-state index contributed by atoms with van der Waals surface area (Å²) in [6.45, 7) is 3.62. The molecule has 0 fully saturated rings. The van der Waals surface area contributed by atoms with E-state index in [1.807, 2.05) is 43.7 Å². The number of Topliss-reactive ketones (excluding diaryl/α,β-unsaturated/α-hetero) is 1. The molecule has 0 aliphatic carbocycles. The minimum atomic E-state index is 0.180. The molecule has 2 rings (SSSR count). The van der Waals surface area contributed by atoms with Crippen LogP contribution in [0.4, 0.5) is 0 Å². The molecule has 0 aliphatic rings. The standard InChI is InChI=1S/C15H17BrN2OS/c1-11-15(20-10-17-11)9-18(2)7-6-14(19)12-4-3-5-13(16)8-12/h3-5,8,10H,6-7,9H2,1-2H3. The lowest BCUT2D eigenvalue weighted by Gasteiger charge is -2.15. The van der Waals surface area contributed by atoms with Crippen LogP contribution in [0.15, 0.2) is 34.2 Å². The van der Waals surface area contributed by atoms with Gasteiger partial charge in [-0.05, 0) is 26.1 Å². The molecule has 1 aromatic heterocycles. The molecule has 0 saturated carbocycles. The van der Waals surface area contributed by atoms with E-state index in [1.165, 1.54) is 4.88 Å². The summed E-state index contributed by atoms with van der Waals surface area (Å²) in [6, 6.07) is 7.55. The second-order valence-electron chi connectivity index (χ2n) is 4.78. The maximum absolute atomic E-state index is 12.1. The molecule has 0 saturated heterocycles. The van der Waals surface area contributed by atoms with E-state index in [9.17, 15) is 4.79 Å². The molecule has 0 unspecified atom stereocenters. The summed E-state index contributed by atoms with van der Waals surface area (Å²) < 4.78 is 0.942. The Morgan fingerprint density at radius 3 is 2.90 bits per heavy atom. The van der Waals surface area contributed by atoms with Crippen LogP contribution < -0.4 is 0 Å². The molecule has 0 amide bonds. The molecule has 0 spiro atoms. The number of carbonyl (C=O) groups excluding carboxylic acids is 1. The predicted molar refractivity (Wildman–Crippen MR) is 86.3 cm³/mol. The summed E-state index contributed by atoms with van der Waals surface area (Å²) in [5, 5.41) is 0. The molecule has 0 atom stereocenters. The van der Waals surface area contributed by atoms with Gasteiger partial charge < -0.3 is 4.90 Å². The molecule has 2 aromatic rings. The SMILES string of the molecule is Cc1ncsc1CN(C)CCC(=O)c1cccc(Br)c1. The van der Waals surface area contributed by atoms with Gasteiger partial charge in [-0.3, -0.25) is 4.79 Å². The van der Waals surface area contributed by atoms with Crippen molar-refractivity contribution in [2.75, 3.05) is 13.6 Å². The summed E-state index contributed by atoms with van der Waals surface area (Å²) in [5.41, 5.74) is 3.72. The lowest BCUT2D eigenvalue weighted by Crippen LogP contribution is -2.21. The van der Waals surface area contributed by atoms with Crippen molar-refractivity contribution in [1.29, 1.82) is 0 Å². The van der Waals surface area contributed by atoms with Crippen LogP contribution in [0.2, 0.25) is 0 Å². The van der Waals surface area contributed by atoms with Gasteiger partial charge in [0.2, 0.25) is 0 Å². The van der Waals surface area contributed by atoms with Gasteiger partial charge in [-0.1, -0.05) is 28.1 Å². The zero-order valence-electron chi connectivity index (χ0n) is 11.6. The third kappa shape index (κ3) is 4.23. The first kappa shape index (κ1) is 15.4. The van der Waals surface area contributed by atoms with Crippen LogP contribution in [0.3, 0.4) is 0 Å². The monoisotopic (exact) mass is 352 g/mol. The summed E-state index contributed by atoms with van der Waals surface area (Å²) in [6.07, 6.45) is 0.533. The number of aromatic nitrogens is 1. The van der Waals surface area contributed by atoms with Crippen molar-refractivity contribution in [2.24, 2.45) is 0 Å². The van der Waals surface area contributed by atoms with Gasteiger partial charge in [0, 0.05) is 34.4 Å². The van der Waals surface area contributed by atoms with Gasteiger partial charge in [0.15, 0.2) is 5.78 Å². The fraction of sp³-hybridized carbons (Fsp3) is 0.333. The number of ketones is 1. The van der Waals surface area contributed by atoms with Crippen LogP contribution in [0.25, 0.3) is 0 Å². The van der Waals surface area contributed by atoms with E-state index in [2.05, 4.69) is 25.8 Å². The lowest BCUT2D eigenvalue weighted by atomic mass is 10.1. The average molecular weight is 353 g/mol. The highest BCUT2D eigenvalue weighted by Gasteiger charge is 2.10. The van der Waals surface area contributed by atoms with Crippen molar-refractivity contribution in [3.8, 4) is 0 Å². The Kier molecular flexibility index (Phi) is 5.46. The van der Waals surface area contributed by atoms with Crippen LogP contribution in [0.5, 0.6) is 0 Å². The van der Waals surface area contributed by atoms with E-state index in [4.69, 9.17) is 0 Å². The quantitative estimate of drug-likeness (QED) is 0.738. The zero-order valence-corrected chi connectivity index (χ0v) is 14.0. The second kappa shape index (κ2) is 7.11. The lowest BCUT2D eigenvalue weighted by molar-refractivity contribution is 0.0968.